The van der Waals surface area contributed by atoms with Crippen molar-refractivity contribution in [3.05, 3.63) is 0 Å². The Balaban J connectivity index is 0.000000837. The fourth-order valence-corrected chi connectivity index (χ4v) is 5.46. The van der Waals surface area contributed by atoms with Crippen molar-refractivity contribution in [3.63, 3.8) is 0 Å². The first-order valence-corrected chi connectivity index (χ1v) is 16.0. The minimum Gasteiger partial charge on any atom is -0.393 e. The molecule has 0 aromatic rings. The highest BCUT2D eigenvalue weighted by molar-refractivity contribution is 7.80. The first-order chi connectivity index (χ1) is 19.8. The van der Waals surface area contributed by atoms with E-state index in [1.54, 1.807) is 7.05 Å². The van der Waals surface area contributed by atoms with Crippen LogP contribution >= 0.6 is 0 Å². The summed E-state index contributed by atoms with van der Waals surface area (Å²) in [6, 6.07) is -3.10. The van der Waals surface area contributed by atoms with E-state index in [4.69, 9.17) is 66.5 Å². The smallest absolute Gasteiger partial charge is 0.393 e. The molecule has 2 aliphatic carbocycles. The molecule has 3 fully saturated rings. The summed E-state index contributed by atoms with van der Waals surface area (Å²) < 4.78 is 80.6. The topological polar surface area (TPSA) is 388 Å². The molecule has 0 spiro atoms. The van der Waals surface area contributed by atoms with Gasteiger partial charge in [-0.1, -0.05) is 0 Å². The summed E-state index contributed by atoms with van der Waals surface area (Å²) in [6.45, 7) is 2.91. The van der Waals surface area contributed by atoms with Crippen LogP contribution in [0.2, 0.25) is 0 Å². The summed E-state index contributed by atoms with van der Waals surface area (Å²) in [5, 5.41) is 65.7. The van der Waals surface area contributed by atoms with Crippen molar-refractivity contribution in [2.45, 2.75) is 112 Å². The van der Waals surface area contributed by atoms with Crippen LogP contribution in [-0.2, 0) is 35.0 Å². The van der Waals surface area contributed by atoms with Crippen LogP contribution in [0, 0.1) is 5.92 Å². The molecule has 1 unspecified atom stereocenters. The van der Waals surface area contributed by atoms with Gasteiger partial charge >= 0.3 is 20.8 Å². The predicted octanol–water partition coefficient (Wildman–Crippen LogP) is -6.26. The molecule has 2 saturated carbocycles. The predicted molar refractivity (Wildman–Crippen MR) is 147 cm³/mol. The highest BCUT2D eigenvalue weighted by Gasteiger charge is 2.52. The van der Waals surface area contributed by atoms with Gasteiger partial charge in [0.15, 0.2) is 6.29 Å². The molecule has 21 nitrogen and oxygen atoms in total. The van der Waals surface area contributed by atoms with Crippen LogP contribution in [0.4, 0.5) is 0 Å². The second-order valence-corrected chi connectivity index (χ2v) is 13.0. The molecule has 0 aromatic carbocycles. The third kappa shape index (κ3) is 12.4. The molecule has 3 rings (SSSR count). The van der Waals surface area contributed by atoms with Crippen molar-refractivity contribution in [2.75, 3.05) is 13.7 Å². The van der Waals surface area contributed by atoms with Crippen LogP contribution in [0.25, 0.3) is 0 Å². The Kier molecular flexibility index (Phi) is 15.3. The zero-order valence-corrected chi connectivity index (χ0v) is 25.7. The molecule has 3 aliphatic rings. The van der Waals surface area contributed by atoms with Gasteiger partial charge in [-0.2, -0.15) is 16.8 Å². The quantitative estimate of drug-likeness (QED) is 0.115. The highest BCUT2D eigenvalue weighted by Crippen LogP contribution is 2.34. The second kappa shape index (κ2) is 16.4. The van der Waals surface area contributed by atoms with Crippen molar-refractivity contribution in [3.8, 4) is 0 Å². The van der Waals surface area contributed by atoms with E-state index < -0.39 is 112 Å². The summed E-state index contributed by atoms with van der Waals surface area (Å²) in [5.41, 5.74) is 17.2. The van der Waals surface area contributed by atoms with Gasteiger partial charge in [-0.15, -0.1) is 0 Å². The van der Waals surface area contributed by atoms with Crippen molar-refractivity contribution in [2.24, 2.45) is 23.1 Å². The van der Waals surface area contributed by atoms with Crippen LogP contribution in [0.3, 0.4) is 0 Å². The molecule has 0 aromatic heterocycles. The number of hydrogen-bond donors (Lipinski definition) is 14. The second-order valence-electron chi connectivity index (χ2n) is 11.2. The van der Waals surface area contributed by atoms with Gasteiger partial charge < -0.3 is 67.4 Å². The molecule has 264 valence electrons. The lowest BCUT2D eigenvalue weighted by Crippen LogP contribution is -2.69. The number of rotatable bonds is 6. The molecule has 23 heteroatoms. The van der Waals surface area contributed by atoms with Crippen molar-refractivity contribution in [1.82, 2.24) is 5.32 Å². The van der Waals surface area contributed by atoms with E-state index in [0.717, 1.165) is 0 Å². The molecular weight excluding hydrogens is 644 g/mol. The SMILES string of the molecule is CN[C@@H]1[C@@H](O)[C@@H](O[C@@H]2[C@@H](O)[C@H](O[C@H]3C[C@H](C(C)O)[C@@H](O)[C@H](O)[C@H]3N)[C@@H](N)C[C@H]2N)OC[C@]1(C)O.O=S(=O)(O)O.O=S(=O)(O)O. The monoisotopic (exact) mass is 690 g/mol. The lowest BCUT2D eigenvalue weighted by Gasteiger charge is -2.49. The van der Waals surface area contributed by atoms with Gasteiger partial charge in [0.2, 0.25) is 0 Å². The zero-order valence-electron chi connectivity index (χ0n) is 24.1. The maximum atomic E-state index is 11.1. The Bertz CT molecular complexity index is 1050. The van der Waals surface area contributed by atoms with E-state index in [-0.39, 0.29) is 19.4 Å². The van der Waals surface area contributed by atoms with Gasteiger partial charge in [0.1, 0.15) is 30.0 Å². The minimum absolute atomic E-state index is 0.115. The lowest BCUT2D eigenvalue weighted by atomic mass is 9.77. The Morgan fingerprint density at radius 3 is 1.73 bits per heavy atom. The fraction of sp³-hybridized carbons (Fsp3) is 1.00. The molecule has 44 heavy (non-hydrogen) atoms. The Labute approximate surface area is 254 Å². The van der Waals surface area contributed by atoms with Gasteiger partial charge in [-0.05, 0) is 33.7 Å². The third-order valence-electron chi connectivity index (χ3n) is 7.56. The maximum Gasteiger partial charge on any atom is 0.394 e. The molecule has 1 saturated heterocycles. The third-order valence-corrected chi connectivity index (χ3v) is 7.56. The van der Waals surface area contributed by atoms with E-state index in [1.807, 2.05) is 0 Å². The van der Waals surface area contributed by atoms with E-state index in [0.29, 0.717) is 0 Å². The number of aliphatic hydroxyl groups is 6. The molecular formula is C21H46N4O17S2. The minimum atomic E-state index is -4.67. The summed E-state index contributed by atoms with van der Waals surface area (Å²) in [4.78, 5) is 0. The van der Waals surface area contributed by atoms with Gasteiger partial charge in [-0.25, -0.2) is 0 Å². The van der Waals surface area contributed by atoms with Crippen LogP contribution in [0.5, 0.6) is 0 Å². The Hall–Kier alpha value is -0.780. The molecule has 0 radical (unpaired) electrons. The molecule has 1 aliphatic heterocycles. The summed E-state index contributed by atoms with van der Waals surface area (Å²) in [7, 11) is -7.74. The van der Waals surface area contributed by atoms with Crippen LogP contribution in [0.15, 0.2) is 0 Å². The number of hydrogen-bond acceptors (Lipinski definition) is 17. The molecule has 17 N–H and O–H groups in total. The number of likely N-dealkylation sites (N-methyl/N-ethyl adjacent to an activating group) is 1. The van der Waals surface area contributed by atoms with E-state index in [9.17, 15) is 30.6 Å². The Morgan fingerprint density at radius 2 is 1.30 bits per heavy atom. The first-order valence-electron chi connectivity index (χ1n) is 13.2. The number of aliphatic hydroxyl groups excluding tert-OH is 5. The molecule has 0 amide bonds. The van der Waals surface area contributed by atoms with Crippen LogP contribution in [-0.4, -0.2) is 164 Å². The highest BCUT2D eigenvalue weighted by atomic mass is 32.3. The molecule has 1 heterocycles. The molecule has 0 bridgehead atoms. The average molecular weight is 691 g/mol. The normalized spacial score (nSPS) is 44.0. The van der Waals surface area contributed by atoms with Crippen LogP contribution in [0.1, 0.15) is 26.7 Å². The van der Waals surface area contributed by atoms with Crippen molar-refractivity contribution >= 4 is 20.8 Å². The van der Waals surface area contributed by atoms with Gasteiger partial charge in [0.25, 0.3) is 0 Å². The van der Waals surface area contributed by atoms with Crippen LogP contribution < -0.4 is 22.5 Å². The number of nitrogens with one attached hydrogen (secondary N) is 1. The summed E-state index contributed by atoms with van der Waals surface area (Å²) >= 11 is 0. The standard InChI is InChI=1S/C21H42N4O9.2H2O4S/c1-7(26)8-4-11(12(24)14(28)13(8)27)33-17-9(22)5-10(23)18(15(17)29)34-20-16(30)19(25-3)21(2,31)6-32-20;2*1-5(2,3)4/h7-20,25-31H,4-6,22-24H2,1-3H3;2*(H2,1,2,3,4)/t7?,8-,9+,10-,11+,12+,13-,14-,15+,16-,17-,18+,19-,20-,21+;;/m1../s1. The van der Waals surface area contributed by atoms with Gasteiger partial charge in [0.05, 0.1) is 43.1 Å². The maximum absolute atomic E-state index is 11.1. The van der Waals surface area contributed by atoms with Gasteiger partial charge in [0, 0.05) is 18.0 Å². The lowest BCUT2D eigenvalue weighted by molar-refractivity contribution is -0.300. The number of nitrogens with two attached hydrogens (primary N) is 3. The molecule has 15 atom stereocenters. The van der Waals surface area contributed by atoms with E-state index >= 15 is 0 Å². The first kappa shape index (κ1) is 41.2. The van der Waals surface area contributed by atoms with Gasteiger partial charge in [-0.3, -0.25) is 18.2 Å². The number of ether oxygens (including phenoxy) is 3. The van der Waals surface area contributed by atoms with E-state index in [1.165, 1.54) is 13.8 Å². The van der Waals surface area contributed by atoms with Crippen molar-refractivity contribution < 1.29 is 79.9 Å². The zero-order chi connectivity index (χ0) is 34.5. The average Bonchev–Trinajstić information content (AvgIpc) is 2.83. The summed E-state index contributed by atoms with van der Waals surface area (Å²) in [5.74, 6) is -0.678. The largest absolute Gasteiger partial charge is 0.394 e. The van der Waals surface area contributed by atoms with Crippen molar-refractivity contribution in [1.29, 1.82) is 0 Å². The Morgan fingerprint density at radius 1 is 0.841 bits per heavy atom. The summed E-state index contributed by atoms with van der Waals surface area (Å²) in [6.07, 6.45) is -9.66. The van der Waals surface area contributed by atoms with E-state index in [2.05, 4.69) is 5.32 Å². The fourth-order valence-electron chi connectivity index (χ4n) is 5.46.